The van der Waals surface area contributed by atoms with Gasteiger partial charge in [0.2, 0.25) is 15.6 Å². The Morgan fingerprint density at radius 1 is 1.24 bits per heavy atom. The Labute approximate surface area is 234 Å². The van der Waals surface area contributed by atoms with E-state index in [1.807, 2.05) is 13.0 Å². The number of fused-ring (bicyclic) bond motifs is 1. The molecule has 1 aromatic rings. The second-order valence-electron chi connectivity index (χ2n) is 9.81. The Morgan fingerprint density at radius 2 is 1.92 bits per heavy atom. The van der Waals surface area contributed by atoms with Crippen LogP contribution in [-0.2, 0) is 23.9 Å². The van der Waals surface area contributed by atoms with Crippen LogP contribution in [0.3, 0.4) is 0 Å². The van der Waals surface area contributed by atoms with E-state index in [1.54, 1.807) is 31.2 Å². The van der Waals surface area contributed by atoms with Gasteiger partial charge in [-0.05, 0) is 44.7 Å². The van der Waals surface area contributed by atoms with Gasteiger partial charge in [0.1, 0.15) is 30.7 Å². The second kappa shape index (κ2) is 11.1. The number of nitrogens with one attached hydrogen (secondary N) is 1. The molecule has 4 rings (SSSR count). The molecule has 0 radical (unpaired) electrons. The van der Waals surface area contributed by atoms with Crippen LogP contribution in [0.5, 0.6) is 0 Å². The van der Waals surface area contributed by atoms with E-state index in [0.29, 0.717) is 17.4 Å². The van der Waals surface area contributed by atoms with Gasteiger partial charge in [-0.25, -0.2) is 4.79 Å². The highest BCUT2D eigenvalue weighted by molar-refractivity contribution is 8.00. The lowest BCUT2D eigenvalue weighted by Crippen LogP contribution is -2.73. The molecule has 1 aliphatic carbocycles. The Morgan fingerprint density at radius 3 is 2.54 bits per heavy atom. The summed E-state index contributed by atoms with van der Waals surface area (Å²) in [5.74, 6) is -0.672. The monoisotopic (exact) mass is 591 g/mol. The molecule has 3 fully saturated rings. The molecule has 2 heterocycles. The highest BCUT2D eigenvalue weighted by Crippen LogP contribution is 2.43. The van der Waals surface area contributed by atoms with Gasteiger partial charge in [0.25, 0.3) is 0 Å². The maximum absolute atomic E-state index is 12.9. The smallest absolute Gasteiger partial charge is 0.415 e. The minimum atomic E-state index is -1.73. The summed E-state index contributed by atoms with van der Waals surface area (Å²) < 4.78 is 8.99. The number of rotatable bonds is 8. The Balaban J connectivity index is 1.34. The van der Waals surface area contributed by atoms with E-state index in [-0.39, 0.29) is 30.5 Å². The largest absolute Gasteiger partial charge is 0.461 e. The molecule has 1 aromatic carbocycles. The highest BCUT2D eigenvalue weighted by atomic mass is 35.6. The lowest BCUT2D eigenvalue weighted by molar-refractivity contribution is -0.161. The minimum absolute atomic E-state index is 0.121. The number of halogens is 3. The first-order chi connectivity index (χ1) is 17.4. The number of carbonyl (C=O) groups is 4. The third-order valence-electron chi connectivity index (χ3n) is 6.57. The third-order valence-corrected chi connectivity index (χ3v) is 8.57. The molecule has 9 nitrogen and oxygen atoms in total. The van der Waals surface area contributed by atoms with E-state index in [0.717, 1.165) is 12.8 Å². The van der Waals surface area contributed by atoms with Crippen molar-refractivity contribution in [3.63, 3.8) is 0 Å². The SMILES string of the molecule is CC(OC(=O)N(CC(=O)NC1C(=O)N2CC(C)(C(=O)OCC(Cl)(Cl)Cl)CS[C@H]12)c1ccccc1)C1CC1. The molecule has 202 valence electrons. The van der Waals surface area contributed by atoms with Gasteiger partial charge in [-0.2, -0.15) is 0 Å². The van der Waals surface area contributed by atoms with Gasteiger partial charge in [-0.15, -0.1) is 11.8 Å². The van der Waals surface area contributed by atoms with Crippen molar-refractivity contribution in [2.24, 2.45) is 11.3 Å². The molecule has 3 aliphatic rings. The molecule has 0 spiro atoms. The first-order valence-electron chi connectivity index (χ1n) is 11.9. The molecule has 1 N–H and O–H groups in total. The summed E-state index contributed by atoms with van der Waals surface area (Å²) in [5, 5.41) is 2.41. The fourth-order valence-electron chi connectivity index (χ4n) is 4.26. The summed E-state index contributed by atoms with van der Waals surface area (Å²) in [7, 11) is 0. The molecule has 3 amide bonds. The molecule has 3 unspecified atom stereocenters. The Bertz CT molecular complexity index is 1050. The van der Waals surface area contributed by atoms with Crippen molar-refractivity contribution in [1.82, 2.24) is 10.2 Å². The molecule has 1 saturated carbocycles. The van der Waals surface area contributed by atoms with Crippen LogP contribution in [0, 0.1) is 11.3 Å². The number of carbonyl (C=O) groups excluding carboxylic acids is 4. The lowest BCUT2D eigenvalue weighted by atomic mass is 9.89. The fraction of sp³-hybridized carbons (Fsp3) is 0.583. The van der Waals surface area contributed by atoms with Gasteiger partial charge < -0.3 is 19.7 Å². The molecular formula is C24H28Cl3N3O6S. The molecule has 2 aliphatic heterocycles. The summed E-state index contributed by atoms with van der Waals surface area (Å²) in [5.41, 5.74) is -0.461. The summed E-state index contributed by atoms with van der Waals surface area (Å²) in [6.45, 7) is 2.95. The van der Waals surface area contributed by atoms with Crippen molar-refractivity contribution in [3.05, 3.63) is 30.3 Å². The molecular weight excluding hydrogens is 565 g/mol. The molecule has 37 heavy (non-hydrogen) atoms. The van der Waals surface area contributed by atoms with E-state index in [2.05, 4.69) is 5.32 Å². The van der Waals surface area contributed by atoms with Crippen LogP contribution in [0.1, 0.15) is 26.7 Å². The predicted octanol–water partition coefficient (Wildman–Crippen LogP) is 3.75. The van der Waals surface area contributed by atoms with Crippen LogP contribution in [0.2, 0.25) is 0 Å². The molecule has 13 heteroatoms. The number of thioether (sulfide) groups is 1. The molecule has 2 saturated heterocycles. The van der Waals surface area contributed by atoms with E-state index >= 15 is 0 Å². The highest BCUT2D eigenvalue weighted by Gasteiger charge is 2.56. The number of anilines is 1. The maximum atomic E-state index is 12.9. The van der Waals surface area contributed by atoms with Gasteiger partial charge in [-0.1, -0.05) is 53.0 Å². The number of β-lactam (4-membered cyclic amide) rings is 1. The van der Waals surface area contributed by atoms with Crippen molar-refractivity contribution in [3.8, 4) is 0 Å². The summed E-state index contributed by atoms with van der Waals surface area (Å²) >= 11 is 18.3. The summed E-state index contributed by atoms with van der Waals surface area (Å²) in [6, 6.07) is 8.00. The van der Waals surface area contributed by atoms with E-state index < -0.39 is 39.8 Å². The van der Waals surface area contributed by atoms with Crippen molar-refractivity contribution in [2.45, 2.75) is 48.0 Å². The normalized spacial score (nSPS) is 25.9. The van der Waals surface area contributed by atoms with Crippen molar-refractivity contribution >= 4 is 76.1 Å². The number of hydrogen-bond donors (Lipinski definition) is 1. The molecule has 0 aromatic heterocycles. The minimum Gasteiger partial charge on any atom is -0.461 e. The van der Waals surface area contributed by atoms with Crippen LogP contribution >= 0.6 is 46.6 Å². The van der Waals surface area contributed by atoms with Crippen LogP contribution in [-0.4, -0.2) is 75.5 Å². The number of ether oxygens (including phenoxy) is 2. The van der Waals surface area contributed by atoms with Gasteiger partial charge in [0, 0.05) is 18.0 Å². The fourth-order valence-corrected chi connectivity index (χ4v) is 5.91. The van der Waals surface area contributed by atoms with Crippen molar-refractivity contribution in [1.29, 1.82) is 0 Å². The van der Waals surface area contributed by atoms with Gasteiger partial charge >= 0.3 is 12.1 Å². The van der Waals surface area contributed by atoms with E-state index in [9.17, 15) is 19.2 Å². The zero-order valence-electron chi connectivity index (χ0n) is 20.3. The van der Waals surface area contributed by atoms with Crippen LogP contribution in [0.15, 0.2) is 30.3 Å². The lowest BCUT2D eigenvalue weighted by Gasteiger charge is -2.53. The van der Waals surface area contributed by atoms with E-state index in [1.165, 1.54) is 21.6 Å². The molecule has 4 atom stereocenters. The standard InChI is InChI=1S/C24H28Cl3N3O6S/c1-14(15-8-9-15)36-22(34)29(16-6-4-3-5-7-16)10-17(31)28-18-19(32)30-11-23(2,13-37-20(18)30)21(33)35-12-24(25,26)27/h3-7,14-15,18,20H,8-13H2,1-2H3,(H,28,31)/t14?,18?,20-,23?/m1/s1. The average Bonchev–Trinajstić information content (AvgIpc) is 3.70. The van der Waals surface area contributed by atoms with E-state index in [4.69, 9.17) is 44.3 Å². The molecule has 0 bridgehead atoms. The zero-order valence-corrected chi connectivity index (χ0v) is 23.4. The number of nitrogens with zero attached hydrogens (tertiary/aromatic N) is 2. The number of amides is 3. The van der Waals surface area contributed by atoms with Crippen LogP contribution in [0.25, 0.3) is 0 Å². The van der Waals surface area contributed by atoms with Crippen molar-refractivity contribution < 1.29 is 28.7 Å². The number of para-hydroxylation sites is 1. The third kappa shape index (κ3) is 6.77. The van der Waals surface area contributed by atoms with Gasteiger partial charge in [0.05, 0.1) is 5.41 Å². The van der Waals surface area contributed by atoms with Gasteiger partial charge in [0.15, 0.2) is 0 Å². The first-order valence-corrected chi connectivity index (χ1v) is 14.0. The number of alkyl halides is 3. The number of esters is 1. The number of benzene rings is 1. The topological polar surface area (TPSA) is 105 Å². The van der Waals surface area contributed by atoms with Crippen LogP contribution < -0.4 is 10.2 Å². The maximum Gasteiger partial charge on any atom is 0.415 e. The second-order valence-corrected chi connectivity index (χ2v) is 13.4. The van der Waals surface area contributed by atoms with Gasteiger partial charge in [-0.3, -0.25) is 19.3 Å². The average molecular weight is 593 g/mol. The summed E-state index contributed by atoms with van der Waals surface area (Å²) in [4.78, 5) is 54.1. The van der Waals surface area contributed by atoms with Crippen molar-refractivity contribution in [2.75, 3.05) is 30.3 Å². The first kappa shape index (κ1) is 28.1. The zero-order chi connectivity index (χ0) is 27.0. The Hall–Kier alpha value is -1.88. The Kier molecular flexibility index (Phi) is 8.43. The predicted molar refractivity (Wildman–Crippen MR) is 142 cm³/mol. The quantitative estimate of drug-likeness (QED) is 0.279. The number of hydrogen-bond acceptors (Lipinski definition) is 7. The van der Waals surface area contributed by atoms with Crippen LogP contribution in [0.4, 0.5) is 10.5 Å². The summed E-state index contributed by atoms with van der Waals surface area (Å²) in [6.07, 6.45) is 1.18.